The lowest BCUT2D eigenvalue weighted by Crippen LogP contribution is -2.42. The third-order valence-electron chi connectivity index (χ3n) is 5.37. The molecule has 8 nitrogen and oxygen atoms in total. The molecular weight excluding hydrogens is 471 g/mol. The third kappa shape index (κ3) is 5.62. The molecule has 0 saturated heterocycles. The van der Waals surface area contributed by atoms with Crippen molar-refractivity contribution in [3.05, 3.63) is 62.7 Å². The van der Waals surface area contributed by atoms with E-state index in [0.29, 0.717) is 12.1 Å². The van der Waals surface area contributed by atoms with Crippen molar-refractivity contribution in [3.63, 3.8) is 0 Å². The molecule has 2 heterocycles. The van der Waals surface area contributed by atoms with Crippen molar-refractivity contribution in [2.75, 3.05) is 13.7 Å². The van der Waals surface area contributed by atoms with E-state index in [1.807, 2.05) is 13.8 Å². The molecule has 34 heavy (non-hydrogen) atoms. The number of aliphatic hydroxyl groups is 1. The Hall–Kier alpha value is -3.25. The maximum absolute atomic E-state index is 14.0. The van der Waals surface area contributed by atoms with Gasteiger partial charge in [0.05, 0.1) is 17.8 Å². The molecule has 0 bridgehead atoms. The first-order chi connectivity index (χ1) is 16.1. The summed E-state index contributed by atoms with van der Waals surface area (Å²) in [6.07, 6.45) is 1.89. The molecule has 0 fully saturated rings. The largest absolute Gasteiger partial charge is 0.504 e. The minimum absolute atomic E-state index is 0.0170. The Bertz CT molecular complexity index is 1140. The average molecular weight is 496 g/mol. The van der Waals surface area contributed by atoms with E-state index in [4.69, 9.17) is 0 Å². The van der Waals surface area contributed by atoms with E-state index in [1.54, 1.807) is 0 Å². The number of hydrazine groups is 1. The zero-order chi connectivity index (χ0) is 25.0. The molecule has 3 rings (SSSR count). The van der Waals surface area contributed by atoms with E-state index in [2.05, 4.69) is 21.0 Å². The average Bonchev–Trinajstić information content (AvgIpc) is 3.25. The van der Waals surface area contributed by atoms with E-state index < -0.39 is 34.9 Å². The maximum Gasteiger partial charge on any atom is 0.254 e. The van der Waals surface area contributed by atoms with Crippen LogP contribution in [0.5, 0.6) is 0 Å². The lowest BCUT2D eigenvalue weighted by molar-refractivity contribution is -0.127. The predicted octanol–water partition coefficient (Wildman–Crippen LogP) is 3.23. The summed E-state index contributed by atoms with van der Waals surface area (Å²) in [5, 5.41) is 18.8. The van der Waals surface area contributed by atoms with Crippen molar-refractivity contribution in [2.45, 2.75) is 33.1 Å². The number of aliphatic hydroxyl groups excluding tert-OH is 1. The van der Waals surface area contributed by atoms with Gasteiger partial charge in [0.25, 0.3) is 5.91 Å². The molecule has 12 heteroatoms. The summed E-state index contributed by atoms with van der Waals surface area (Å²) >= 11 is 0.875. The quantitative estimate of drug-likeness (QED) is 0.565. The number of Topliss-reactive ketones (excluding diaryl/α,β-unsaturated/α-hetero) is 1. The van der Waals surface area contributed by atoms with Gasteiger partial charge in [-0.05, 0) is 12.3 Å². The molecule has 1 aromatic heterocycles. The maximum atomic E-state index is 14.0. The Morgan fingerprint density at radius 2 is 1.88 bits per heavy atom. The van der Waals surface area contributed by atoms with Crippen LogP contribution in [0.15, 0.2) is 29.7 Å². The second-order valence-electron chi connectivity index (χ2n) is 7.94. The van der Waals surface area contributed by atoms with Crippen molar-refractivity contribution < 1.29 is 27.9 Å². The number of benzene rings is 1. The second kappa shape index (κ2) is 10.8. The zero-order valence-electron chi connectivity index (χ0n) is 18.8. The number of ketones is 1. The Kier molecular flexibility index (Phi) is 8.05. The summed E-state index contributed by atoms with van der Waals surface area (Å²) in [7, 11) is 1.53. The van der Waals surface area contributed by atoms with Gasteiger partial charge in [0.2, 0.25) is 5.78 Å². The number of carbonyl (C=O) groups is 2. The predicted molar refractivity (Wildman–Crippen MR) is 120 cm³/mol. The van der Waals surface area contributed by atoms with Crippen molar-refractivity contribution in [1.29, 1.82) is 0 Å². The van der Waals surface area contributed by atoms with E-state index in [1.165, 1.54) is 18.1 Å². The van der Waals surface area contributed by atoms with Gasteiger partial charge in [-0.1, -0.05) is 31.6 Å². The highest BCUT2D eigenvalue weighted by Gasteiger charge is 2.29. The lowest BCUT2D eigenvalue weighted by atomic mass is 9.95. The van der Waals surface area contributed by atoms with Gasteiger partial charge in [-0.25, -0.2) is 18.6 Å². The summed E-state index contributed by atoms with van der Waals surface area (Å²) in [5.41, 5.74) is 4.95. The first-order valence-electron chi connectivity index (χ1n) is 10.5. The zero-order valence-corrected chi connectivity index (χ0v) is 19.6. The smallest absolute Gasteiger partial charge is 0.254 e. The number of allylic oxidation sites excluding steroid dienone is 1. The van der Waals surface area contributed by atoms with Gasteiger partial charge in [-0.3, -0.25) is 9.59 Å². The molecule has 0 radical (unpaired) electrons. The van der Waals surface area contributed by atoms with Gasteiger partial charge in [-0.2, -0.15) is 0 Å². The highest BCUT2D eigenvalue weighted by atomic mass is 32.1. The van der Waals surface area contributed by atoms with Crippen LogP contribution in [0.4, 0.5) is 13.2 Å². The van der Waals surface area contributed by atoms with Crippen LogP contribution >= 0.6 is 11.3 Å². The fourth-order valence-electron chi connectivity index (χ4n) is 3.18. The van der Waals surface area contributed by atoms with Crippen LogP contribution in [0.1, 0.15) is 42.3 Å². The highest BCUT2D eigenvalue weighted by Crippen LogP contribution is 2.28. The molecule has 1 atom stereocenters. The van der Waals surface area contributed by atoms with Gasteiger partial charge in [0.15, 0.2) is 10.8 Å². The van der Waals surface area contributed by atoms with Crippen LogP contribution in [0.2, 0.25) is 0 Å². The van der Waals surface area contributed by atoms with E-state index in [0.717, 1.165) is 17.8 Å². The Labute approximate surface area is 198 Å². The van der Waals surface area contributed by atoms with Crippen molar-refractivity contribution >= 4 is 28.6 Å². The van der Waals surface area contributed by atoms with E-state index in [9.17, 15) is 27.9 Å². The first kappa shape index (κ1) is 25.4. The van der Waals surface area contributed by atoms with Crippen LogP contribution in [0.3, 0.4) is 0 Å². The minimum Gasteiger partial charge on any atom is -0.504 e. The molecule has 0 aliphatic carbocycles. The number of likely N-dealkylation sites (N-methyl/N-ethyl adjacent to an activating group) is 1. The molecule has 0 spiro atoms. The van der Waals surface area contributed by atoms with Gasteiger partial charge >= 0.3 is 0 Å². The van der Waals surface area contributed by atoms with Crippen molar-refractivity contribution in [2.24, 2.45) is 5.92 Å². The number of rotatable bonds is 6. The molecule has 0 unspecified atom stereocenters. The Morgan fingerprint density at radius 1 is 1.21 bits per heavy atom. The fourth-order valence-corrected chi connectivity index (χ4v) is 4.05. The number of halogens is 3. The van der Waals surface area contributed by atoms with Gasteiger partial charge in [0.1, 0.15) is 22.5 Å². The number of carbonyl (C=O) groups excluding carboxylic acids is 2. The summed E-state index contributed by atoms with van der Waals surface area (Å²) in [5.74, 6) is -5.17. The Balaban J connectivity index is 1.97. The van der Waals surface area contributed by atoms with Crippen LogP contribution in [0, 0.1) is 23.4 Å². The molecule has 1 aromatic carbocycles. The summed E-state index contributed by atoms with van der Waals surface area (Å²) < 4.78 is 41.2. The van der Waals surface area contributed by atoms with Crippen LogP contribution in [-0.2, 0) is 16.0 Å². The number of aromatic nitrogens is 2. The van der Waals surface area contributed by atoms with Gasteiger partial charge in [-0.15, -0.1) is 10.2 Å². The summed E-state index contributed by atoms with van der Waals surface area (Å²) in [6, 6.07) is 1.14. The molecule has 1 aliphatic heterocycles. The second-order valence-corrected chi connectivity index (χ2v) is 9.00. The van der Waals surface area contributed by atoms with Gasteiger partial charge in [0, 0.05) is 37.4 Å². The van der Waals surface area contributed by atoms with Crippen LogP contribution < -0.4 is 10.9 Å². The number of amides is 1. The van der Waals surface area contributed by atoms with Crippen molar-refractivity contribution in [3.8, 4) is 0 Å². The van der Waals surface area contributed by atoms with Gasteiger partial charge < -0.3 is 15.4 Å². The standard InChI is InChI=1S/C22H24F3N5O3S/c1-4-11(2)5-14-19(31)20(32)15(9-26-27-10-30(3)22(14)33)21-29-28-18(34-21)8-13-16(24)6-12(23)7-17(13)25/h6-7,9,11,26-27,31H,4-5,8,10H2,1-3H3/b15-9+,19-14-/t11-/m0/s1. The first-order valence-corrected chi connectivity index (χ1v) is 11.3. The summed E-state index contributed by atoms with van der Waals surface area (Å²) in [4.78, 5) is 27.3. The molecule has 182 valence electrons. The fraction of sp³-hybridized carbons (Fsp3) is 0.364. The monoisotopic (exact) mass is 495 g/mol. The van der Waals surface area contributed by atoms with E-state index in [-0.39, 0.29) is 52.2 Å². The molecule has 0 saturated carbocycles. The number of nitrogens with zero attached hydrogens (tertiary/aromatic N) is 3. The topological polar surface area (TPSA) is 107 Å². The van der Waals surface area contributed by atoms with Crippen LogP contribution in [0.25, 0.3) is 5.57 Å². The number of hydrogen-bond acceptors (Lipinski definition) is 8. The molecule has 1 amide bonds. The summed E-state index contributed by atoms with van der Waals surface area (Å²) in [6.45, 7) is 3.92. The SMILES string of the molecule is CC[C@H](C)C/C1=C(/O)C(=O)/C(c2nnc(Cc3c(F)cc(F)cc3F)s2)=C\NNCN(C)C1=O. The molecule has 3 N–H and O–H groups in total. The van der Waals surface area contributed by atoms with Crippen LogP contribution in [-0.4, -0.2) is 45.6 Å². The number of hydrogen-bond donors (Lipinski definition) is 3. The molecule has 1 aliphatic rings. The minimum atomic E-state index is -1.06. The molecule has 2 aromatic rings. The number of nitrogens with one attached hydrogen (secondary N) is 2. The lowest BCUT2D eigenvalue weighted by Gasteiger charge is -2.23. The molecular formula is C22H24F3N5O3S. The Morgan fingerprint density at radius 3 is 2.53 bits per heavy atom. The van der Waals surface area contributed by atoms with E-state index >= 15 is 0 Å². The third-order valence-corrected chi connectivity index (χ3v) is 6.32. The van der Waals surface area contributed by atoms with Crippen molar-refractivity contribution in [1.82, 2.24) is 25.9 Å². The normalized spacial score (nSPS) is 20.1. The highest BCUT2D eigenvalue weighted by molar-refractivity contribution is 7.12.